The number of hydrogen-bond donors (Lipinski definition) is 1. The van der Waals surface area contributed by atoms with Crippen LogP contribution in [0.15, 0.2) is 48.8 Å². The summed E-state index contributed by atoms with van der Waals surface area (Å²) in [4.78, 5) is 15.9. The predicted molar refractivity (Wildman–Crippen MR) is 79.2 cm³/mol. The molecule has 1 aromatic carbocycles. The zero-order valence-corrected chi connectivity index (χ0v) is 12.1. The van der Waals surface area contributed by atoms with Crippen molar-refractivity contribution in [1.29, 1.82) is 0 Å². The maximum Gasteiger partial charge on any atom is 0.261 e. The van der Waals surface area contributed by atoms with Crippen LogP contribution in [0.4, 0.5) is 0 Å². The van der Waals surface area contributed by atoms with Crippen LogP contribution < -0.4 is 14.8 Å². The summed E-state index contributed by atoms with van der Waals surface area (Å²) in [5, 5.41) is 2.83. The van der Waals surface area contributed by atoms with Gasteiger partial charge in [-0.25, -0.2) is 0 Å². The number of nitrogens with zero attached hydrogens (tertiary/aromatic N) is 1. The molecule has 0 aliphatic carbocycles. The molecule has 0 unspecified atom stereocenters. The maximum atomic E-state index is 12.0. The lowest BCUT2D eigenvalue weighted by atomic mass is 10.2. The Kier molecular flexibility index (Phi) is 5.15. The molecular weight excluding hydrogens is 268 g/mol. The van der Waals surface area contributed by atoms with Gasteiger partial charge in [0.15, 0.2) is 6.10 Å². The molecule has 1 amide bonds. The number of rotatable bonds is 6. The standard InChI is InChI=1S/C16H18N2O3/c1-12(21-15-7-4-8-17-11-15)16(19)18-10-13-5-3-6-14(9-13)20-2/h3-9,11-12H,10H2,1-2H3,(H,18,19)/t12-/m0/s1. The first-order valence-electron chi connectivity index (χ1n) is 6.66. The number of pyridine rings is 1. The molecule has 5 heteroatoms. The van der Waals surface area contributed by atoms with Gasteiger partial charge in [-0.1, -0.05) is 12.1 Å². The number of hydrogen-bond acceptors (Lipinski definition) is 4. The summed E-state index contributed by atoms with van der Waals surface area (Å²) < 4.78 is 10.7. The molecule has 0 spiro atoms. The van der Waals surface area contributed by atoms with E-state index in [1.807, 2.05) is 24.3 Å². The van der Waals surface area contributed by atoms with Crippen molar-refractivity contribution in [2.45, 2.75) is 19.6 Å². The van der Waals surface area contributed by atoms with E-state index in [1.165, 1.54) is 0 Å². The van der Waals surface area contributed by atoms with Gasteiger partial charge >= 0.3 is 0 Å². The Balaban J connectivity index is 1.86. The molecule has 1 aromatic heterocycles. The van der Waals surface area contributed by atoms with Crippen LogP contribution >= 0.6 is 0 Å². The molecule has 1 atom stereocenters. The molecule has 0 saturated carbocycles. The fraction of sp³-hybridized carbons (Fsp3) is 0.250. The van der Waals surface area contributed by atoms with Crippen molar-refractivity contribution < 1.29 is 14.3 Å². The van der Waals surface area contributed by atoms with Gasteiger partial charge in [0.2, 0.25) is 0 Å². The lowest BCUT2D eigenvalue weighted by molar-refractivity contribution is -0.127. The molecule has 0 aliphatic rings. The highest BCUT2D eigenvalue weighted by Crippen LogP contribution is 2.12. The van der Waals surface area contributed by atoms with Gasteiger partial charge in [0, 0.05) is 12.7 Å². The molecule has 0 fully saturated rings. The van der Waals surface area contributed by atoms with Crippen molar-refractivity contribution in [3.8, 4) is 11.5 Å². The summed E-state index contributed by atoms with van der Waals surface area (Å²) >= 11 is 0. The van der Waals surface area contributed by atoms with Crippen LogP contribution in [0.3, 0.4) is 0 Å². The third kappa shape index (κ3) is 4.49. The molecule has 5 nitrogen and oxygen atoms in total. The van der Waals surface area contributed by atoms with Crippen molar-refractivity contribution in [3.05, 3.63) is 54.4 Å². The molecule has 0 bridgehead atoms. The summed E-state index contributed by atoms with van der Waals surface area (Å²) in [6.45, 7) is 2.13. The number of nitrogens with one attached hydrogen (secondary N) is 1. The van der Waals surface area contributed by atoms with E-state index < -0.39 is 6.10 Å². The smallest absolute Gasteiger partial charge is 0.261 e. The van der Waals surface area contributed by atoms with E-state index in [0.29, 0.717) is 12.3 Å². The minimum atomic E-state index is -0.584. The summed E-state index contributed by atoms with van der Waals surface area (Å²) in [6, 6.07) is 11.1. The van der Waals surface area contributed by atoms with Crippen LogP contribution in [-0.4, -0.2) is 24.1 Å². The maximum absolute atomic E-state index is 12.0. The zero-order chi connectivity index (χ0) is 15.1. The number of amides is 1. The zero-order valence-electron chi connectivity index (χ0n) is 12.1. The Bertz CT molecular complexity index is 587. The molecule has 0 saturated heterocycles. The average molecular weight is 286 g/mol. The van der Waals surface area contributed by atoms with E-state index in [4.69, 9.17) is 9.47 Å². The fourth-order valence-corrected chi connectivity index (χ4v) is 1.79. The number of benzene rings is 1. The normalized spacial score (nSPS) is 11.5. The topological polar surface area (TPSA) is 60.5 Å². The molecule has 21 heavy (non-hydrogen) atoms. The fourth-order valence-electron chi connectivity index (χ4n) is 1.79. The first-order valence-corrected chi connectivity index (χ1v) is 6.66. The molecule has 2 rings (SSSR count). The van der Waals surface area contributed by atoms with Crippen molar-refractivity contribution in [2.24, 2.45) is 0 Å². The van der Waals surface area contributed by atoms with Gasteiger partial charge in [0.25, 0.3) is 5.91 Å². The third-order valence-electron chi connectivity index (χ3n) is 2.92. The van der Waals surface area contributed by atoms with Crippen LogP contribution in [0.5, 0.6) is 11.5 Å². The van der Waals surface area contributed by atoms with E-state index >= 15 is 0 Å². The number of ether oxygens (including phenoxy) is 2. The Morgan fingerprint density at radius 1 is 1.29 bits per heavy atom. The molecule has 110 valence electrons. The Morgan fingerprint density at radius 3 is 2.81 bits per heavy atom. The highest BCUT2D eigenvalue weighted by atomic mass is 16.5. The first kappa shape index (κ1) is 14.8. The Labute approximate surface area is 123 Å². The van der Waals surface area contributed by atoms with Crippen molar-refractivity contribution in [1.82, 2.24) is 10.3 Å². The van der Waals surface area contributed by atoms with Gasteiger partial charge < -0.3 is 14.8 Å². The Hall–Kier alpha value is -2.56. The van der Waals surface area contributed by atoms with Crippen LogP contribution in [0, 0.1) is 0 Å². The summed E-state index contributed by atoms with van der Waals surface area (Å²) in [5.74, 6) is 1.16. The lowest BCUT2D eigenvalue weighted by Gasteiger charge is -2.14. The van der Waals surface area contributed by atoms with E-state index in [2.05, 4.69) is 10.3 Å². The molecule has 1 heterocycles. The molecular formula is C16H18N2O3. The summed E-state index contributed by atoms with van der Waals surface area (Å²) in [5.41, 5.74) is 0.969. The van der Waals surface area contributed by atoms with Gasteiger partial charge in [-0.15, -0.1) is 0 Å². The number of aromatic nitrogens is 1. The summed E-state index contributed by atoms with van der Waals surface area (Å²) in [6.07, 6.45) is 2.64. The molecule has 0 radical (unpaired) electrons. The highest BCUT2D eigenvalue weighted by molar-refractivity contribution is 5.80. The number of carbonyl (C=O) groups excluding carboxylic acids is 1. The minimum absolute atomic E-state index is 0.179. The van der Waals surface area contributed by atoms with E-state index in [9.17, 15) is 4.79 Å². The number of carbonyl (C=O) groups is 1. The number of methoxy groups -OCH3 is 1. The minimum Gasteiger partial charge on any atom is -0.497 e. The second kappa shape index (κ2) is 7.28. The monoisotopic (exact) mass is 286 g/mol. The molecule has 2 aromatic rings. The van der Waals surface area contributed by atoms with Gasteiger partial charge in [-0.3, -0.25) is 9.78 Å². The quantitative estimate of drug-likeness (QED) is 0.884. The van der Waals surface area contributed by atoms with Crippen molar-refractivity contribution in [2.75, 3.05) is 7.11 Å². The molecule has 0 aliphatic heterocycles. The lowest BCUT2D eigenvalue weighted by Crippen LogP contribution is -2.35. The van der Waals surface area contributed by atoms with Crippen LogP contribution in [0.25, 0.3) is 0 Å². The van der Waals surface area contributed by atoms with Gasteiger partial charge in [-0.2, -0.15) is 0 Å². The SMILES string of the molecule is COc1cccc(CNC(=O)[C@H](C)Oc2cccnc2)c1. The Morgan fingerprint density at radius 2 is 2.10 bits per heavy atom. The van der Waals surface area contributed by atoms with Gasteiger partial charge in [0.1, 0.15) is 11.5 Å². The summed E-state index contributed by atoms with van der Waals surface area (Å²) in [7, 11) is 1.61. The highest BCUT2D eigenvalue weighted by Gasteiger charge is 2.14. The molecule has 1 N–H and O–H groups in total. The van der Waals surface area contributed by atoms with Crippen LogP contribution in [-0.2, 0) is 11.3 Å². The van der Waals surface area contributed by atoms with Gasteiger partial charge in [-0.05, 0) is 36.8 Å². The van der Waals surface area contributed by atoms with Gasteiger partial charge in [0.05, 0.1) is 13.3 Å². The van der Waals surface area contributed by atoms with E-state index in [0.717, 1.165) is 11.3 Å². The van der Waals surface area contributed by atoms with E-state index in [1.54, 1.807) is 38.6 Å². The third-order valence-corrected chi connectivity index (χ3v) is 2.92. The predicted octanol–water partition coefficient (Wildman–Crippen LogP) is 2.17. The van der Waals surface area contributed by atoms with Crippen LogP contribution in [0.2, 0.25) is 0 Å². The van der Waals surface area contributed by atoms with Crippen molar-refractivity contribution in [3.63, 3.8) is 0 Å². The van der Waals surface area contributed by atoms with Crippen LogP contribution in [0.1, 0.15) is 12.5 Å². The van der Waals surface area contributed by atoms with Crippen molar-refractivity contribution >= 4 is 5.91 Å². The van der Waals surface area contributed by atoms with E-state index in [-0.39, 0.29) is 5.91 Å². The second-order valence-corrected chi connectivity index (χ2v) is 4.52. The largest absolute Gasteiger partial charge is 0.497 e. The second-order valence-electron chi connectivity index (χ2n) is 4.52. The first-order chi connectivity index (χ1) is 10.2. The average Bonchev–Trinajstić information content (AvgIpc) is 2.53.